The lowest BCUT2D eigenvalue weighted by atomic mass is 9.87. The number of hydrogen-bond acceptors (Lipinski definition) is 1. The van der Waals surface area contributed by atoms with Crippen LogP contribution in [0.15, 0.2) is 51.4 Å². The van der Waals surface area contributed by atoms with Crippen LogP contribution in [0.5, 0.6) is 0 Å². The molecule has 2 aromatic carbocycles. The standard InChI is InChI=1S/C30H32Br2N2O/c1-4-7-13-24-27(30(35)18(5-2)6-3)25(19-11-9-8-10-12-19)29-28-21(14-15-34(24)29)26-22(32)16-20(31)17-23(26)33-28/h8-12,16-18,33H,4-7,13-15H2,1-3H3. The van der Waals surface area contributed by atoms with Crippen LogP contribution in [0.2, 0.25) is 0 Å². The quantitative estimate of drug-likeness (QED) is 0.202. The Kier molecular flexibility index (Phi) is 7.09. The van der Waals surface area contributed by atoms with E-state index in [-0.39, 0.29) is 5.92 Å². The van der Waals surface area contributed by atoms with Crippen molar-refractivity contribution in [2.45, 2.75) is 65.8 Å². The maximum atomic E-state index is 14.1. The van der Waals surface area contributed by atoms with E-state index >= 15 is 0 Å². The van der Waals surface area contributed by atoms with Crippen molar-refractivity contribution < 1.29 is 4.79 Å². The molecule has 3 heterocycles. The number of ketones is 1. The molecule has 0 saturated heterocycles. The number of benzene rings is 2. The van der Waals surface area contributed by atoms with Crippen LogP contribution >= 0.6 is 31.9 Å². The first kappa shape index (κ1) is 24.6. The number of hydrogen-bond donors (Lipinski definition) is 1. The Hall–Kier alpha value is -2.11. The van der Waals surface area contributed by atoms with Crippen LogP contribution in [0, 0.1) is 5.92 Å². The van der Waals surface area contributed by atoms with Crippen molar-refractivity contribution in [3.8, 4) is 22.5 Å². The molecule has 5 rings (SSSR count). The number of halogens is 2. The number of nitrogens with zero attached hydrogens (tertiary/aromatic N) is 1. The molecule has 0 fully saturated rings. The van der Waals surface area contributed by atoms with Crippen molar-refractivity contribution in [3.63, 3.8) is 0 Å². The number of aromatic amines is 1. The molecule has 2 aromatic heterocycles. The van der Waals surface area contributed by atoms with E-state index in [0.717, 1.165) is 81.9 Å². The van der Waals surface area contributed by atoms with Crippen LogP contribution < -0.4 is 0 Å². The fraction of sp³-hybridized carbons (Fsp3) is 0.367. The van der Waals surface area contributed by atoms with Gasteiger partial charge < -0.3 is 9.55 Å². The first-order valence-electron chi connectivity index (χ1n) is 12.8. The third-order valence-corrected chi connectivity index (χ3v) is 8.63. The van der Waals surface area contributed by atoms with Crippen molar-refractivity contribution in [2.24, 2.45) is 5.92 Å². The second-order valence-corrected chi connectivity index (χ2v) is 11.4. The summed E-state index contributed by atoms with van der Waals surface area (Å²) in [6.45, 7) is 7.40. The molecule has 5 heteroatoms. The fourth-order valence-corrected chi connectivity index (χ4v) is 7.25. The molecule has 1 aliphatic heterocycles. The number of fused-ring (bicyclic) bond motifs is 5. The zero-order valence-electron chi connectivity index (χ0n) is 20.7. The van der Waals surface area contributed by atoms with E-state index in [1.54, 1.807) is 0 Å². The average Bonchev–Trinajstić information content (AvgIpc) is 3.39. The van der Waals surface area contributed by atoms with Gasteiger partial charge in [0.25, 0.3) is 0 Å². The van der Waals surface area contributed by atoms with E-state index in [4.69, 9.17) is 0 Å². The molecule has 0 bridgehead atoms. The molecule has 182 valence electrons. The van der Waals surface area contributed by atoms with Crippen molar-refractivity contribution in [1.29, 1.82) is 0 Å². The predicted octanol–water partition coefficient (Wildman–Crippen LogP) is 9.35. The normalized spacial score (nSPS) is 12.9. The average molecular weight is 596 g/mol. The van der Waals surface area contributed by atoms with Crippen molar-refractivity contribution in [3.05, 3.63) is 68.2 Å². The Bertz CT molecular complexity index is 1390. The van der Waals surface area contributed by atoms with Crippen LogP contribution in [0.25, 0.3) is 33.4 Å². The van der Waals surface area contributed by atoms with Gasteiger partial charge in [-0.2, -0.15) is 0 Å². The Morgan fingerprint density at radius 2 is 1.83 bits per heavy atom. The summed E-state index contributed by atoms with van der Waals surface area (Å²) in [5.74, 6) is 0.359. The molecule has 0 unspecified atom stereocenters. The number of rotatable bonds is 8. The van der Waals surface area contributed by atoms with Crippen LogP contribution in [0.1, 0.15) is 68.1 Å². The van der Waals surface area contributed by atoms with Crippen LogP contribution in [-0.4, -0.2) is 15.3 Å². The van der Waals surface area contributed by atoms with Gasteiger partial charge in [-0.25, -0.2) is 0 Å². The molecule has 3 nitrogen and oxygen atoms in total. The lowest BCUT2D eigenvalue weighted by Gasteiger charge is -2.20. The van der Waals surface area contributed by atoms with Crippen molar-refractivity contribution in [2.75, 3.05) is 0 Å². The number of nitrogens with one attached hydrogen (secondary N) is 1. The van der Waals surface area contributed by atoms with Gasteiger partial charge in [0.2, 0.25) is 0 Å². The maximum Gasteiger partial charge on any atom is 0.168 e. The Morgan fingerprint density at radius 3 is 2.51 bits per heavy atom. The lowest BCUT2D eigenvalue weighted by Crippen LogP contribution is -2.17. The van der Waals surface area contributed by atoms with Crippen LogP contribution in [0.3, 0.4) is 0 Å². The lowest BCUT2D eigenvalue weighted by molar-refractivity contribution is 0.0913. The highest BCUT2D eigenvalue weighted by Crippen LogP contribution is 2.47. The summed E-state index contributed by atoms with van der Waals surface area (Å²) in [7, 11) is 0. The number of aromatic nitrogens is 2. The van der Waals surface area contributed by atoms with Gasteiger partial charge in [-0.05, 0) is 55.4 Å². The number of carbonyl (C=O) groups excluding carboxylic acids is 1. The number of carbonyl (C=O) groups is 1. The monoisotopic (exact) mass is 594 g/mol. The Balaban J connectivity index is 1.87. The summed E-state index contributed by atoms with van der Waals surface area (Å²) in [5, 5.41) is 1.25. The Morgan fingerprint density at radius 1 is 1.09 bits per heavy atom. The highest BCUT2D eigenvalue weighted by molar-refractivity contribution is 9.11. The van der Waals surface area contributed by atoms with Gasteiger partial charge in [0.1, 0.15) is 0 Å². The van der Waals surface area contributed by atoms with Gasteiger partial charge in [-0.15, -0.1) is 0 Å². The van der Waals surface area contributed by atoms with E-state index in [1.807, 2.05) is 0 Å². The van der Waals surface area contributed by atoms with Crippen molar-refractivity contribution >= 4 is 48.5 Å². The summed E-state index contributed by atoms with van der Waals surface area (Å²) in [6.07, 6.45) is 5.81. The minimum absolute atomic E-state index is 0.0505. The van der Waals surface area contributed by atoms with E-state index in [1.165, 1.54) is 22.3 Å². The third kappa shape index (κ3) is 4.15. The molecule has 1 aliphatic rings. The molecule has 0 atom stereocenters. The van der Waals surface area contributed by atoms with Gasteiger partial charge in [0.15, 0.2) is 5.78 Å². The van der Waals surface area contributed by atoms with E-state index < -0.39 is 0 Å². The molecule has 0 amide bonds. The molecule has 1 N–H and O–H groups in total. The van der Waals surface area contributed by atoms with E-state index in [0.29, 0.717) is 5.78 Å². The summed E-state index contributed by atoms with van der Waals surface area (Å²) < 4.78 is 4.61. The van der Waals surface area contributed by atoms with E-state index in [2.05, 4.69) is 105 Å². The van der Waals surface area contributed by atoms with Crippen LogP contribution in [-0.2, 0) is 19.4 Å². The number of aryl methyl sites for hydroxylation is 1. The van der Waals surface area contributed by atoms with Crippen LogP contribution in [0.4, 0.5) is 0 Å². The summed E-state index contributed by atoms with van der Waals surface area (Å²) >= 11 is 7.47. The molecule has 0 radical (unpaired) electrons. The van der Waals surface area contributed by atoms with Crippen molar-refractivity contribution in [1.82, 2.24) is 9.55 Å². The first-order valence-corrected chi connectivity index (χ1v) is 14.4. The largest absolute Gasteiger partial charge is 0.353 e. The minimum Gasteiger partial charge on any atom is -0.353 e. The zero-order chi connectivity index (χ0) is 24.7. The smallest absolute Gasteiger partial charge is 0.168 e. The summed E-state index contributed by atoms with van der Waals surface area (Å²) in [5.41, 5.74) is 9.21. The number of H-pyrrole nitrogens is 1. The zero-order valence-corrected chi connectivity index (χ0v) is 23.9. The Labute approximate surface area is 224 Å². The van der Waals surface area contributed by atoms with Gasteiger partial charge in [0, 0.05) is 49.1 Å². The SMILES string of the molecule is CCCCc1c(C(=O)C(CC)CC)c(-c2ccccc2)c2n1CCc1c-2[nH]c2cc(Br)cc(Br)c12. The second-order valence-electron chi connectivity index (χ2n) is 9.58. The van der Waals surface area contributed by atoms with Gasteiger partial charge in [-0.1, -0.05) is 89.4 Å². The fourth-order valence-electron chi connectivity index (χ4n) is 5.78. The number of unbranched alkanes of at least 4 members (excludes halogenated alkanes) is 1. The van der Waals surface area contributed by atoms with Gasteiger partial charge >= 0.3 is 0 Å². The molecule has 0 saturated carbocycles. The minimum atomic E-state index is 0.0505. The van der Waals surface area contributed by atoms with Gasteiger partial charge in [-0.3, -0.25) is 4.79 Å². The third-order valence-electron chi connectivity index (χ3n) is 7.54. The summed E-state index contributed by atoms with van der Waals surface area (Å²) in [4.78, 5) is 17.9. The molecule has 4 aromatic rings. The van der Waals surface area contributed by atoms with E-state index in [9.17, 15) is 4.79 Å². The second kappa shape index (κ2) is 10.1. The molecule has 0 aliphatic carbocycles. The summed E-state index contributed by atoms with van der Waals surface area (Å²) in [6, 6.07) is 14.8. The van der Waals surface area contributed by atoms with Gasteiger partial charge in [0.05, 0.1) is 11.4 Å². The maximum absolute atomic E-state index is 14.1. The topological polar surface area (TPSA) is 37.8 Å². The first-order chi connectivity index (χ1) is 17.0. The highest BCUT2D eigenvalue weighted by atomic mass is 79.9. The predicted molar refractivity (Wildman–Crippen MR) is 153 cm³/mol. The highest BCUT2D eigenvalue weighted by Gasteiger charge is 2.34. The molecular formula is C30H32Br2N2O. The molecule has 0 spiro atoms. The number of Topliss-reactive ketones (excluding diaryl/α,β-unsaturated/α-hetero) is 1. The molecule has 35 heavy (non-hydrogen) atoms. The molecular weight excluding hydrogens is 564 g/mol.